The minimum Gasteiger partial charge on any atom is -0.477 e. The number of carboxylic acid groups (broad SMARTS) is 1. The molecule has 0 aromatic carbocycles. The first kappa shape index (κ1) is 23.9. The molecule has 1 spiro atoms. The third kappa shape index (κ3) is 5.19. The Morgan fingerprint density at radius 1 is 1.33 bits per heavy atom. The second-order valence-electron chi connectivity index (χ2n) is 6.83. The molecule has 1 amide bonds. The highest BCUT2D eigenvalue weighted by molar-refractivity contribution is 7.93. The van der Waals surface area contributed by atoms with Crippen LogP contribution in [-0.2, 0) is 24.2 Å². The lowest BCUT2D eigenvalue weighted by Gasteiger charge is -2.49. The second-order valence-corrected chi connectivity index (χ2v) is 9.28. The maximum atomic E-state index is 12.5. The number of alkyl halides is 3. The molecule has 1 N–H and O–H groups in total. The average Bonchev–Trinajstić information content (AvgIpc) is 2.90. The Labute approximate surface area is 170 Å². The highest BCUT2D eigenvalue weighted by Gasteiger charge is 2.62. The van der Waals surface area contributed by atoms with Crippen LogP contribution in [0.4, 0.5) is 13.2 Å². The lowest BCUT2D eigenvalue weighted by atomic mass is 9.83. The van der Waals surface area contributed by atoms with Gasteiger partial charge >= 0.3 is 12.1 Å². The van der Waals surface area contributed by atoms with Crippen molar-refractivity contribution in [3.05, 3.63) is 24.4 Å². The van der Waals surface area contributed by atoms with Crippen LogP contribution in [0.5, 0.6) is 5.88 Å². The number of likely N-dealkylation sites (tertiary alicyclic amines) is 1. The normalized spacial score (nSPS) is 21.3. The van der Waals surface area contributed by atoms with Crippen molar-refractivity contribution in [2.45, 2.75) is 17.3 Å². The van der Waals surface area contributed by atoms with E-state index in [2.05, 4.69) is 4.98 Å². The van der Waals surface area contributed by atoms with Crippen molar-refractivity contribution >= 4 is 21.7 Å². The Kier molecular flexibility index (Phi) is 7.29. The van der Waals surface area contributed by atoms with E-state index in [1.807, 2.05) is 6.07 Å². The molecule has 3 heterocycles. The molecular formula is C17H21F3N2O7S. The van der Waals surface area contributed by atoms with Gasteiger partial charge in [0.25, 0.3) is 0 Å². The van der Waals surface area contributed by atoms with Crippen molar-refractivity contribution in [2.24, 2.45) is 5.92 Å². The number of rotatable bonds is 5. The fourth-order valence-electron chi connectivity index (χ4n) is 3.32. The molecule has 1 unspecified atom stereocenters. The van der Waals surface area contributed by atoms with Gasteiger partial charge in [0.15, 0.2) is 9.84 Å². The SMILES string of the molecule is COCC(=O)N1CC2(C1)C(COc1ccccn1)CCS2(=O)=O.O=C(O)C(F)(F)F. The zero-order chi connectivity index (χ0) is 22.6. The number of pyridine rings is 1. The standard InChI is InChI=1S/C15H20N2O5S.C2HF3O2/c1-21-9-14(18)17-10-15(11-17)12(5-7-23(15,19)20)8-22-13-4-2-3-6-16-13;3-2(4,5)1(6)7/h2-4,6,12H,5,7-11H2,1H3;(H,6,7). The molecule has 1 aromatic heterocycles. The number of carbonyl (C=O) groups is 2. The zero-order valence-electron chi connectivity index (χ0n) is 16.0. The molecule has 1 atom stereocenters. The Bertz CT molecular complexity index is 856. The van der Waals surface area contributed by atoms with Gasteiger partial charge in [-0.2, -0.15) is 13.2 Å². The molecule has 1 aromatic rings. The summed E-state index contributed by atoms with van der Waals surface area (Å²) in [5, 5.41) is 7.12. The zero-order valence-corrected chi connectivity index (χ0v) is 16.8. The number of hydrogen-bond acceptors (Lipinski definition) is 7. The minimum absolute atomic E-state index is 0.0226. The lowest BCUT2D eigenvalue weighted by molar-refractivity contribution is -0.192. The number of aromatic nitrogens is 1. The molecule has 3 rings (SSSR count). The van der Waals surface area contributed by atoms with Gasteiger partial charge in [-0.25, -0.2) is 18.2 Å². The van der Waals surface area contributed by atoms with Gasteiger partial charge in [-0.05, 0) is 12.5 Å². The summed E-state index contributed by atoms with van der Waals surface area (Å²) in [6, 6.07) is 5.35. The second kappa shape index (κ2) is 9.16. The molecule has 0 radical (unpaired) electrons. The van der Waals surface area contributed by atoms with Crippen molar-refractivity contribution in [1.29, 1.82) is 0 Å². The number of amides is 1. The number of carbonyl (C=O) groups excluding carboxylic acids is 1. The van der Waals surface area contributed by atoms with Crippen molar-refractivity contribution in [3.63, 3.8) is 0 Å². The highest BCUT2D eigenvalue weighted by atomic mass is 32.2. The van der Waals surface area contributed by atoms with Gasteiger partial charge in [-0.3, -0.25) is 4.79 Å². The van der Waals surface area contributed by atoms with Crippen LogP contribution in [0.3, 0.4) is 0 Å². The third-order valence-corrected chi connectivity index (χ3v) is 7.55. The molecular weight excluding hydrogens is 433 g/mol. The third-order valence-electron chi connectivity index (χ3n) is 4.95. The average molecular weight is 454 g/mol. The molecule has 0 aliphatic carbocycles. The molecule has 168 valence electrons. The Hall–Kier alpha value is -2.41. The van der Waals surface area contributed by atoms with Crippen molar-refractivity contribution in [1.82, 2.24) is 9.88 Å². The van der Waals surface area contributed by atoms with Gasteiger partial charge in [0.2, 0.25) is 11.8 Å². The monoisotopic (exact) mass is 454 g/mol. The number of nitrogens with zero attached hydrogens (tertiary/aromatic N) is 2. The highest BCUT2D eigenvalue weighted by Crippen LogP contribution is 2.44. The van der Waals surface area contributed by atoms with Crippen LogP contribution in [0.25, 0.3) is 0 Å². The maximum Gasteiger partial charge on any atom is 0.490 e. The fraction of sp³-hybridized carbons (Fsp3) is 0.588. The minimum atomic E-state index is -5.08. The first-order chi connectivity index (χ1) is 13.9. The number of sulfone groups is 1. The maximum absolute atomic E-state index is 12.5. The molecule has 13 heteroatoms. The molecule has 2 saturated heterocycles. The quantitative estimate of drug-likeness (QED) is 0.692. The van der Waals surface area contributed by atoms with E-state index in [4.69, 9.17) is 19.4 Å². The van der Waals surface area contributed by atoms with Crippen LogP contribution in [0, 0.1) is 5.92 Å². The van der Waals surface area contributed by atoms with Gasteiger partial charge in [-0.1, -0.05) is 6.07 Å². The first-order valence-corrected chi connectivity index (χ1v) is 10.4. The fourth-order valence-corrected chi connectivity index (χ4v) is 5.72. The van der Waals surface area contributed by atoms with E-state index in [-0.39, 0.29) is 37.3 Å². The van der Waals surface area contributed by atoms with E-state index < -0.39 is 26.7 Å². The summed E-state index contributed by atoms with van der Waals surface area (Å²) in [4.78, 5) is 26.3. The van der Waals surface area contributed by atoms with Crippen molar-refractivity contribution in [2.75, 3.05) is 39.2 Å². The lowest BCUT2D eigenvalue weighted by Crippen LogP contribution is -2.69. The first-order valence-electron chi connectivity index (χ1n) is 8.76. The Morgan fingerprint density at radius 2 is 1.97 bits per heavy atom. The van der Waals surface area contributed by atoms with E-state index in [1.165, 1.54) is 7.11 Å². The summed E-state index contributed by atoms with van der Waals surface area (Å²) in [7, 11) is -1.77. The molecule has 9 nitrogen and oxygen atoms in total. The van der Waals surface area contributed by atoms with E-state index >= 15 is 0 Å². The van der Waals surface area contributed by atoms with Crippen LogP contribution in [-0.4, -0.2) is 85.4 Å². The summed E-state index contributed by atoms with van der Waals surface area (Å²) in [6.45, 7) is 0.731. The number of aliphatic carboxylic acids is 1. The van der Waals surface area contributed by atoms with E-state index in [9.17, 15) is 26.4 Å². The summed E-state index contributed by atoms with van der Waals surface area (Å²) in [5.41, 5.74) is 0. The number of carboxylic acids is 1. The van der Waals surface area contributed by atoms with Crippen LogP contribution < -0.4 is 4.74 Å². The summed E-state index contributed by atoms with van der Waals surface area (Å²) >= 11 is 0. The van der Waals surface area contributed by atoms with Gasteiger partial charge in [0, 0.05) is 38.4 Å². The molecule has 30 heavy (non-hydrogen) atoms. The van der Waals surface area contributed by atoms with Gasteiger partial charge in [0.1, 0.15) is 11.4 Å². The Morgan fingerprint density at radius 3 is 2.47 bits per heavy atom. The number of hydrogen-bond donors (Lipinski definition) is 1. The molecule has 2 fully saturated rings. The van der Waals surface area contributed by atoms with Crippen LogP contribution in [0.1, 0.15) is 6.42 Å². The topological polar surface area (TPSA) is 123 Å². The summed E-state index contributed by atoms with van der Waals surface area (Å²) < 4.78 is 66.3. The van der Waals surface area contributed by atoms with Crippen LogP contribution >= 0.6 is 0 Å². The van der Waals surface area contributed by atoms with Gasteiger partial charge in [0.05, 0.1) is 12.4 Å². The van der Waals surface area contributed by atoms with Crippen LogP contribution in [0.2, 0.25) is 0 Å². The van der Waals surface area contributed by atoms with Crippen molar-refractivity contribution < 1.29 is 45.8 Å². The van der Waals surface area contributed by atoms with Gasteiger partial charge in [-0.15, -0.1) is 0 Å². The largest absolute Gasteiger partial charge is 0.490 e. The molecule has 2 aliphatic rings. The van der Waals surface area contributed by atoms with Crippen LogP contribution in [0.15, 0.2) is 24.4 Å². The summed E-state index contributed by atoms with van der Waals surface area (Å²) in [5.74, 6) is -2.42. The smallest absolute Gasteiger partial charge is 0.477 e. The predicted molar refractivity (Wildman–Crippen MR) is 96.5 cm³/mol. The van der Waals surface area contributed by atoms with Crippen molar-refractivity contribution in [3.8, 4) is 5.88 Å². The van der Waals surface area contributed by atoms with E-state index in [0.29, 0.717) is 18.9 Å². The molecule has 2 aliphatic heterocycles. The predicted octanol–water partition coefficient (Wildman–Crippen LogP) is 0.756. The van der Waals surface area contributed by atoms with Gasteiger partial charge < -0.3 is 19.5 Å². The number of halogens is 3. The van der Waals surface area contributed by atoms with E-state index in [0.717, 1.165) is 0 Å². The number of ether oxygens (including phenoxy) is 2. The summed E-state index contributed by atoms with van der Waals surface area (Å²) in [6.07, 6.45) is -2.90. The Balaban J connectivity index is 0.000000396. The molecule has 0 saturated carbocycles. The number of methoxy groups -OCH3 is 1. The molecule has 0 bridgehead atoms. The van der Waals surface area contributed by atoms with E-state index in [1.54, 1.807) is 23.2 Å².